The number of hydrogen-bond acceptors (Lipinski definition) is 5. The van der Waals surface area contributed by atoms with Gasteiger partial charge in [-0.1, -0.05) is 24.3 Å². The SMILES string of the molecule is CCOC(=O)C1=C(C(=O)OCC)N(c2ccccc2)C=CC=C1. The standard InChI is InChI=1S/C18H19NO4/c1-3-22-17(20)15-12-8-9-13-19(14-10-6-5-7-11-14)16(15)18(21)23-4-2/h5-13H,3-4H2,1-2H3. The topological polar surface area (TPSA) is 55.8 Å². The third-order valence-electron chi connectivity index (χ3n) is 3.10. The van der Waals surface area contributed by atoms with Crippen molar-refractivity contribution in [3.05, 3.63) is 66.0 Å². The van der Waals surface area contributed by atoms with E-state index in [1.807, 2.05) is 30.3 Å². The number of ether oxygens (including phenoxy) is 2. The van der Waals surface area contributed by atoms with Crippen molar-refractivity contribution in [1.29, 1.82) is 0 Å². The molecule has 1 heterocycles. The molecule has 2 rings (SSSR count). The van der Waals surface area contributed by atoms with Gasteiger partial charge in [0.05, 0.1) is 18.8 Å². The quantitative estimate of drug-likeness (QED) is 0.782. The summed E-state index contributed by atoms with van der Waals surface area (Å²) in [5.41, 5.74) is 1.05. The van der Waals surface area contributed by atoms with E-state index in [-0.39, 0.29) is 24.5 Å². The second-order valence-electron chi connectivity index (χ2n) is 4.61. The first-order valence-corrected chi connectivity index (χ1v) is 7.46. The Hall–Kier alpha value is -2.82. The van der Waals surface area contributed by atoms with E-state index in [1.165, 1.54) is 0 Å². The minimum atomic E-state index is -0.574. The molecule has 0 fully saturated rings. The third kappa shape index (κ3) is 3.88. The maximum atomic E-state index is 12.5. The van der Waals surface area contributed by atoms with E-state index in [9.17, 15) is 9.59 Å². The zero-order valence-corrected chi connectivity index (χ0v) is 13.2. The van der Waals surface area contributed by atoms with Crippen LogP contribution in [0.3, 0.4) is 0 Å². The van der Waals surface area contributed by atoms with Gasteiger partial charge in [0.25, 0.3) is 0 Å². The molecule has 120 valence electrons. The lowest BCUT2D eigenvalue weighted by atomic mass is 10.1. The summed E-state index contributed by atoms with van der Waals surface area (Å²) in [6.45, 7) is 3.88. The molecule has 1 aromatic carbocycles. The molecule has 1 aromatic rings. The number of carbonyl (C=O) groups excluding carboxylic acids is 2. The van der Waals surface area contributed by atoms with Crippen LogP contribution in [0.15, 0.2) is 66.0 Å². The lowest BCUT2D eigenvalue weighted by Gasteiger charge is -2.23. The van der Waals surface area contributed by atoms with Crippen molar-refractivity contribution in [3.63, 3.8) is 0 Å². The molecule has 0 amide bonds. The van der Waals surface area contributed by atoms with Gasteiger partial charge in [0, 0.05) is 11.9 Å². The van der Waals surface area contributed by atoms with Crippen LogP contribution in [-0.2, 0) is 19.1 Å². The van der Waals surface area contributed by atoms with Gasteiger partial charge in [-0.05, 0) is 38.1 Å². The number of benzene rings is 1. The van der Waals surface area contributed by atoms with Gasteiger partial charge in [-0.25, -0.2) is 9.59 Å². The molecule has 0 saturated carbocycles. The van der Waals surface area contributed by atoms with Crippen LogP contribution in [0.2, 0.25) is 0 Å². The molecule has 0 bridgehead atoms. The van der Waals surface area contributed by atoms with Crippen molar-refractivity contribution in [2.45, 2.75) is 13.8 Å². The van der Waals surface area contributed by atoms with E-state index < -0.39 is 11.9 Å². The van der Waals surface area contributed by atoms with Gasteiger partial charge in [0.15, 0.2) is 0 Å². The van der Waals surface area contributed by atoms with Crippen molar-refractivity contribution >= 4 is 17.6 Å². The van der Waals surface area contributed by atoms with E-state index in [1.54, 1.807) is 43.2 Å². The minimum absolute atomic E-state index is 0.140. The lowest BCUT2D eigenvalue weighted by molar-refractivity contribution is -0.141. The van der Waals surface area contributed by atoms with Gasteiger partial charge in [-0.3, -0.25) is 0 Å². The maximum absolute atomic E-state index is 12.5. The van der Waals surface area contributed by atoms with Gasteiger partial charge >= 0.3 is 11.9 Å². The second-order valence-corrected chi connectivity index (χ2v) is 4.61. The number of esters is 2. The molecule has 23 heavy (non-hydrogen) atoms. The molecule has 1 aliphatic rings. The van der Waals surface area contributed by atoms with Crippen molar-refractivity contribution in [2.24, 2.45) is 0 Å². The highest BCUT2D eigenvalue weighted by Crippen LogP contribution is 2.26. The number of allylic oxidation sites excluding steroid dienone is 2. The van der Waals surface area contributed by atoms with Gasteiger partial charge in [-0.15, -0.1) is 0 Å². The number of para-hydroxylation sites is 1. The smallest absolute Gasteiger partial charge is 0.356 e. The second kappa shape index (κ2) is 7.98. The number of anilines is 1. The van der Waals surface area contributed by atoms with Crippen molar-refractivity contribution in [3.8, 4) is 0 Å². The highest BCUT2D eigenvalue weighted by molar-refractivity contribution is 6.05. The summed E-state index contributed by atoms with van der Waals surface area (Å²) in [5.74, 6) is -1.13. The Kier molecular flexibility index (Phi) is 5.74. The first-order chi connectivity index (χ1) is 11.2. The van der Waals surface area contributed by atoms with Crippen LogP contribution in [0.1, 0.15) is 13.8 Å². The van der Waals surface area contributed by atoms with E-state index in [0.29, 0.717) is 0 Å². The Morgan fingerprint density at radius 1 is 0.957 bits per heavy atom. The Morgan fingerprint density at radius 2 is 1.61 bits per heavy atom. The summed E-state index contributed by atoms with van der Waals surface area (Å²) < 4.78 is 10.2. The van der Waals surface area contributed by atoms with Crippen molar-refractivity contribution in [2.75, 3.05) is 18.1 Å². The fourth-order valence-electron chi connectivity index (χ4n) is 2.16. The number of hydrogen-bond donors (Lipinski definition) is 0. The number of rotatable bonds is 5. The Bertz CT molecular complexity index is 659. The van der Waals surface area contributed by atoms with E-state index in [4.69, 9.17) is 9.47 Å². The Labute approximate surface area is 135 Å². The average Bonchev–Trinajstić information content (AvgIpc) is 2.79. The van der Waals surface area contributed by atoms with Gasteiger partial charge in [0.2, 0.25) is 0 Å². The molecule has 0 spiro atoms. The van der Waals surface area contributed by atoms with Crippen LogP contribution >= 0.6 is 0 Å². The largest absolute Gasteiger partial charge is 0.462 e. The molecule has 0 unspecified atom stereocenters. The summed E-state index contributed by atoms with van der Waals surface area (Å²) in [6.07, 6.45) is 6.71. The van der Waals surface area contributed by atoms with Crippen LogP contribution in [0.4, 0.5) is 5.69 Å². The molecule has 1 aliphatic heterocycles. The molecule has 0 saturated heterocycles. The summed E-state index contributed by atoms with van der Waals surface area (Å²) in [4.78, 5) is 26.3. The van der Waals surface area contributed by atoms with Crippen LogP contribution in [0.25, 0.3) is 0 Å². The molecule has 0 aromatic heterocycles. The fraction of sp³-hybridized carbons (Fsp3) is 0.222. The third-order valence-corrected chi connectivity index (χ3v) is 3.10. The molecule has 5 heteroatoms. The Morgan fingerprint density at radius 3 is 2.26 bits per heavy atom. The fourth-order valence-corrected chi connectivity index (χ4v) is 2.16. The summed E-state index contributed by atoms with van der Waals surface area (Å²) >= 11 is 0. The van der Waals surface area contributed by atoms with Crippen molar-refractivity contribution in [1.82, 2.24) is 0 Å². The normalized spacial score (nSPS) is 13.7. The first-order valence-electron chi connectivity index (χ1n) is 7.46. The summed E-state index contributed by atoms with van der Waals surface area (Å²) in [6, 6.07) is 9.28. The summed E-state index contributed by atoms with van der Waals surface area (Å²) in [7, 11) is 0. The molecule has 0 N–H and O–H groups in total. The molecule has 0 aliphatic carbocycles. The number of carbonyl (C=O) groups is 2. The average molecular weight is 313 g/mol. The van der Waals surface area contributed by atoms with E-state index in [0.717, 1.165) is 5.69 Å². The molecule has 0 atom stereocenters. The molecule has 5 nitrogen and oxygen atoms in total. The monoisotopic (exact) mass is 313 g/mol. The Balaban J connectivity index is 2.56. The number of nitrogens with zero attached hydrogens (tertiary/aromatic N) is 1. The maximum Gasteiger partial charge on any atom is 0.356 e. The van der Waals surface area contributed by atoms with Crippen LogP contribution in [0.5, 0.6) is 0 Å². The van der Waals surface area contributed by atoms with Gasteiger partial charge < -0.3 is 14.4 Å². The highest BCUT2D eigenvalue weighted by atomic mass is 16.5. The summed E-state index contributed by atoms with van der Waals surface area (Å²) in [5, 5.41) is 0. The first kappa shape index (κ1) is 16.5. The van der Waals surface area contributed by atoms with Gasteiger partial charge in [0.1, 0.15) is 5.70 Å². The van der Waals surface area contributed by atoms with E-state index in [2.05, 4.69) is 0 Å². The predicted molar refractivity (Wildman–Crippen MR) is 87.5 cm³/mol. The van der Waals surface area contributed by atoms with Crippen LogP contribution in [0, 0.1) is 0 Å². The minimum Gasteiger partial charge on any atom is -0.462 e. The zero-order chi connectivity index (χ0) is 16.7. The highest BCUT2D eigenvalue weighted by Gasteiger charge is 2.27. The molecular formula is C18H19NO4. The van der Waals surface area contributed by atoms with Crippen LogP contribution in [-0.4, -0.2) is 25.2 Å². The predicted octanol–water partition coefficient (Wildman–Crippen LogP) is 2.96. The van der Waals surface area contributed by atoms with Gasteiger partial charge in [-0.2, -0.15) is 0 Å². The van der Waals surface area contributed by atoms with Crippen LogP contribution < -0.4 is 4.90 Å². The molecule has 0 radical (unpaired) electrons. The zero-order valence-electron chi connectivity index (χ0n) is 13.2. The lowest BCUT2D eigenvalue weighted by Crippen LogP contribution is -2.27. The molecular weight excluding hydrogens is 294 g/mol. The van der Waals surface area contributed by atoms with Crippen molar-refractivity contribution < 1.29 is 19.1 Å². The van der Waals surface area contributed by atoms with E-state index >= 15 is 0 Å².